The van der Waals surface area contributed by atoms with Crippen molar-refractivity contribution in [3.05, 3.63) is 36.0 Å². The summed E-state index contributed by atoms with van der Waals surface area (Å²) in [6.45, 7) is 1.95. The van der Waals surface area contributed by atoms with Gasteiger partial charge in [0.1, 0.15) is 11.4 Å². The first-order valence-corrected chi connectivity index (χ1v) is 5.93. The molecule has 1 heterocycles. The number of aryl methyl sites for hydroxylation is 1. The highest BCUT2D eigenvalue weighted by Crippen LogP contribution is 2.35. The lowest BCUT2D eigenvalue weighted by Crippen LogP contribution is -1.95. The molecule has 0 atom stereocenters. The van der Waals surface area contributed by atoms with Crippen LogP contribution in [0.3, 0.4) is 0 Å². The summed E-state index contributed by atoms with van der Waals surface area (Å²) >= 11 is 0. The van der Waals surface area contributed by atoms with Crippen molar-refractivity contribution in [3.63, 3.8) is 0 Å². The first kappa shape index (κ1) is 13.2. The Labute approximate surface area is 113 Å². The van der Waals surface area contributed by atoms with Gasteiger partial charge in [-0.15, -0.1) is 0 Å². The number of aromatic nitrogens is 1. The summed E-state index contributed by atoms with van der Waals surface area (Å²) in [5.74, 6) is 2.10. The summed E-state index contributed by atoms with van der Waals surface area (Å²) < 4.78 is 15.9. The van der Waals surface area contributed by atoms with Gasteiger partial charge < -0.3 is 14.2 Å². The van der Waals surface area contributed by atoms with Gasteiger partial charge in [-0.3, -0.25) is 0 Å². The lowest BCUT2D eigenvalue weighted by Gasteiger charge is -2.12. The summed E-state index contributed by atoms with van der Waals surface area (Å²) in [6, 6.07) is 9.52. The van der Waals surface area contributed by atoms with Crippen LogP contribution < -0.4 is 14.2 Å². The van der Waals surface area contributed by atoms with E-state index in [0.29, 0.717) is 11.5 Å². The van der Waals surface area contributed by atoms with E-state index < -0.39 is 0 Å². The van der Waals surface area contributed by atoms with Gasteiger partial charge in [0, 0.05) is 11.3 Å². The molecule has 0 amide bonds. The molecule has 0 bridgehead atoms. The van der Waals surface area contributed by atoms with Gasteiger partial charge in [0.15, 0.2) is 11.5 Å². The Morgan fingerprint density at radius 1 is 0.789 bits per heavy atom. The average Bonchev–Trinajstić information content (AvgIpc) is 2.46. The van der Waals surface area contributed by atoms with Crippen LogP contribution in [-0.4, -0.2) is 26.3 Å². The third-order valence-electron chi connectivity index (χ3n) is 2.87. The maximum absolute atomic E-state index is 5.35. The SMILES string of the molecule is COc1ccc(-c2nc(C)ccc2OC)cc1OC. The normalized spacial score (nSPS) is 10.1. The minimum absolute atomic E-state index is 0.672. The first-order valence-electron chi connectivity index (χ1n) is 5.93. The Hall–Kier alpha value is -2.23. The monoisotopic (exact) mass is 259 g/mol. The number of ether oxygens (including phenoxy) is 3. The Kier molecular flexibility index (Phi) is 3.90. The van der Waals surface area contributed by atoms with Crippen LogP contribution in [0, 0.1) is 6.92 Å². The molecule has 1 aromatic carbocycles. The second-order valence-corrected chi connectivity index (χ2v) is 4.07. The van der Waals surface area contributed by atoms with Crippen LogP contribution in [0.4, 0.5) is 0 Å². The van der Waals surface area contributed by atoms with E-state index in [0.717, 1.165) is 22.7 Å². The van der Waals surface area contributed by atoms with Crippen LogP contribution in [-0.2, 0) is 0 Å². The standard InChI is InChI=1S/C15H17NO3/c1-10-5-7-13(18-3)15(16-10)11-6-8-12(17-2)14(9-11)19-4/h5-9H,1-4H3. The molecule has 0 unspecified atom stereocenters. The Morgan fingerprint density at radius 3 is 2.05 bits per heavy atom. The highest BCUT2D eigenvalue weighted by Gasteiger charge is 2.11. The third kappa shape index (κ3) is 2.62. The number of benzene rings is 1. The second kappa shape index (κ2) is 5.61. The van der Waals surface area contributed by atoms with Crippen molar-refractivity contribution < 1.29 is 14.2 Å². The molecule has 0 aliphatic carbocycles. The molecule has 2 rings (SSSR count). The van der Waals surface area contributed by atoms with Crippen molar-refractivity contribution in [3.8, 4) is 28.5 Å². The van der Waals surface area contributed by atoms with Gasteiger partial charge in [-0.2, -0.15) is 0 Å². The topological polar surface area (TPSA) is 40.6 Å². The zero-order valence-corrected chi connectivity index (χ0v) is 11.6. The van der Waals surface area contributed by atoms with Crippen molar-refractivity contribution in [1.29, 1.82) is 0 Å². The van der Waals surface area contributed by atoms with Crippen LogP contribution in [0.15, 0.2) is 30.3 Å². The molecule has 2 aromatic rings. The molecule has 4 heteroatoms. The number of nitrogens with zero attached hydrogens (tertiary/aromatic N) is 1. The van der Waals surface area contributed by atoms with E-state index in [1.54, 1.807) is 21.3 Å². The molecular formula is C15H17NO3. The van der Waals surface area contributed by atoms with Gasteiger partial charge in [0.05, 0.1) is 21.3 Å². The molecule has 0 fully saturated rings. The molecular weight excluding hydrogens is 242 g/mol. The van der Waals surface area contributed by atoms with E-state index in [2.05, 4.69) is 4.98 Å². The molecule has 0 aliphatic rings. The van der Waals surface area contributed by atoms with E-state index in [-0.39, 0.29) is 0 Å². The summed E-state index contributed by atoms with van der Waals surface area (Å²) in [7, 11) is 4.86. The van der Waals surface area contributed by atoms with E-state index >= 15 is 0 Å². The minimum atomic E-state index is 0.672. The predicted molar refractivity (Wildman–Crippen MR) is 74.1 cm³/mol. The highest BCUT2D eigenvalue weighted by molar-refractivity contribution is 5.69. The average molecular weight is 259 g/mol. The highest BCUT2D eigenvalue weighted by atomic mass is 16.5. The number of hydrogen-bond acceptors (Lipinski definition) is 4. The molecule has 0 spiro atoms. The molecule has 4 nitrogen and oxygen atoms in total. The van der Waals surface area contributed by atoms with Crippen LogP contribution >= 0.6 is 0 Å². The Morgan fingerprint density at radius 2 is 1.42 bits per heavy atom. The van der Waals surface area contributed by atoms with Crippen molar-refractivity contribution in [2.45, 2.75) is 6.92 Å². The van der Waals surface area contributed by atoms with Gasteiger partial charge in [-0.05, 0) is 37.3 Å². The largest absolute Gasteiger partial charge is 0.494 e. The van der Waals surface area contributed by atoms with Gasteiger partial charge >= 0.3 is 0 Å². The molecule has 1 aromatic heterocycles. The fourth-order valence-electron chi connectivity index (χ4n) is 1.90. The second-order valence-electron chi connectivity index (χ2n) is 4.07. The fourth-order valence-corrected chi connectivity index (χ4v) is 1.90. The van der Waals surface area contributed by atoms with Crippen LogP contribution in [0.25, 0.3) is 11.3 Å². The quantitative estimate of drug-likeness (QED) is 0.846. The molecule has 0 radical (unpaired) electrons. The van der Waals surface area contributed by atoms with Crippen LogP contribution in [0.2, 0.25) is 0 Å². The Bertz CT molecular complexity index is 582. The number of pyridine rings is 1. The van der Waals surface area contributed by atoms with Gasteiger partial charge in [0.2, 0.25) is 0 Å². The molecule has 100 valence electrons. The zero-order chi connectivity index (χ0) is 13.8. The van der Waals surface area contributed by atoms with E-state index in [1.165, 1.54) is 0 Å². The molecule has 19 heavy (non-hydrogen) atoms. The summed E-state index contributed by atoms with van der Waals surface area (Å²) in [6.07, 6.45) is 0. The van der Waals surface area contributed by atoms with Gasteiger partial charge in [-0.25, -0.2) is 4.98 Å². The van der Waals surface area contributed by atoms with Crippen LogP contribution in [0.5, 0.6) is 17.2 Å². The minimum Gasteiger partial charge on any atom is -0.494 e. The molecule has 0 saturated carbocycles. The molecule has 0 N–H and O–H groups in total. The zero-order valence-electron chi connectivity index (χ0n) is 11.6. The smallest absolute Gasteiger partial charge is 0.161 e. The lowest BCUT2D eigenvalue weighted by molar-refractivity contribution is 0.355. The predicted octanol–water partition coefficient (Wildman–Crippen LogP) is 3.08. The van der Waals surface area contributed by atoms with Crippen LogP contribution in [0.1, 0.15) is 5.69 Å². The summed E-state index contributed by atoms with van der Waals surface area (Å²) in [5, 5.41) is 0. The van der Waals surface area contributed by atoms with Crippen molar-refractivity contribution >= 4 is 0 Å². The summed E-state index contributed by atoms with van der Waals surface area (Å²) in [4.78, 5) is 4.52. The number of methoxy groups -OCH3 is 3. The number of rotatable bonds is 4. The maximum Gasteiger partial charge on any atom is 0.161 e. The maximum atomic E-state index is 5.35. The lowest BCUT2D eigenvalue weighted by atomic mass is 10.1. The fraction of sp³-hybridized carbons (Fsp3) is 0.267. The van der Waals surface area contributed by atoms with Crippen molar-refractivity contribution in [1.82, 2.24) is 4.98 Å². The van der Waals surface area contributed by atoms with Gasteiger partial charge in [0.25, 0.3) is 0 Å². The van der Waals surface area contributed by atoms with Crippen molar-refractivity contribution in [2.75, 3.05) is 21.3 Å². The third-order valence-corrected chi connectivity index (χ3v) is 2.87. The number of hydrogen-bond donors (Lipinski definition) is 0. The van der Waals surface area contributed by atoms with E-state index in [9.17, 15) is 0 Å². The van der Waals surface area contributed by atoms with Crippen molar-refractivity contribution in [2.24, 2.45) is 0 Å². The summed E-state index contributed by atoms with van der Waals surface area (Å²) in [5.41, 5.74) is 2.66. The molecule has 0 saturated heterocycles. The van der Waals surface area contributed by atoms with E-state index in [4.69, 9.17) is 14.2 Å². The van der Waals surface area contributed by atoms with Gasteiger partial charge in [-0.1, -0.05) is 0 Å². The van der Waals surface area contributed by atoms with E-state index in [1.807, 2.05) is 37.3 Å². The first-order chi connectivity index (χ1) is 9.19. The molecule has 0 aliphatic heterocycles. The Balaban J connectivity index is 2.55.